The van der Waals surface area contributed by atoms with Crippen LogP contribution in [0.4, 0.5) is 0 Å². The minimum absolute atomic E-state index is 0.608. The Morgan fingerprint density at radius 3 is 2.61 bits per heavy atom. The molecule has 0 unspecified atom stereocenters. The van der Waals surface area contributed by atoms with Gasteiger partial charge in [-0.1, -0.05) is 49.3 Å². The van der Waals surface area contributed by atoms with Crippen LogP contribution in [-0.4, -0.2) is 12.6 Å². The molecule has 0 aromatic heterocycles. The van der Waals surface area contributed by atoms with Crippen molar-refractivity contribution in [3.8, 4) is 0 Å². The van der Waals surface area contributed by atoms with Gasteiger partial charge in [0.25, 0.3) is 0 Å². The van der Waals surface area contributed by atoms with E-state index in [4.69, 9.17) is 0 Å². The van der Waals surface area contributed by atoms with Gasteiger partial charge in [-0.3, -0.25) is 0 Å². The molecule has 1 nitrogen and oxygen atoms in total. The fourth-order valence-electron chi connectivity index (χ4n) is 2.16. The molecule has 1 fully saturated rings. The lowest BCUT2D eigenvalue weighted by molar-refractivity contribution is 0.662. The number of aryl methyl sites for hydroxylation is 2. The molecule has 1 N–H and O–H groups in total. The third-order valence-corrected chi connectivity index (χ3v) is 3.68. The van der Waals surface area contributed by atoms with Crippen LogP contribution in [0.5, 0.6) is 0 Å². The molecule has 98 valence electrons. The summed E-state index contributed by atoms with van der Waals surface area (Å²) in [6.07, 6.45) is 5.08. The van der Waals surface area contributed by atoms with Crippen LogP contribution in [0.3, 0.4) is 0 Å². The summed E-state index contributed by atoms with van der Waals surface area (Å²) in [4.78, 5) is 0. The lowest BCUT2D eigenvalue weighted by Crippen LogP contribution is -2.21. The quantitative estimate of drug-likeness (QED) is 0.821. The summed E-state index contributed by atoms with van der Waals surface area (Å²) in [5.74, 6) is 0.608. The first kappa shape index (κ1) is 13.4. The van der Waals surface area contributed by atoms with Crippen molar-refractivity contribution < 1.29 is 0 Å². The van der Waals surface area contributed by atoms with E-state index in [9.17, 15) is 0 Å². The highest BCUT2D eigenvalue weighted by molar-refractivity contribution is 5.57. The van der Waals surface area contributed by atoms with E-state index in [0.29, 0.717) is 5.92 Å². The van der Waals surface area contributed by atoms with Crippen molar-refractivity contribution in [2.45, 2.75) is 46.6 Å². The zero-order chi connectivity index (χ0) is 13.1. The highest BCUT2D eigenvalue weighted by atomic mass is 14.9. The molecule has 2 rings (SSSR count). The van der Waals surface area contributed by atoms with Crippen molar-refractivity contribution in [2.24, 2.45) is 5.92 Å². The van der Waals surface area contributed by atoms with E-state index in [1.54, 1.807) is 0 Å². The summed E-state index contributed by atoms with van der Waals surface area (Å²) in [7, 11) is 0. The first-order valence-electron chi connectivity index (χ1n) is 7.07. The van der Waals surface area contributed by atoms with Gasteiger partial charge >= 0.3 is 0 Å². The predicted octanol–water partition coefficient (Wildman–Crippen LogP) is 4.09. The predicted molar refractivity (Wildman–Crippen MR) is 79.8 cm³/mol. The topological polar surface area (TPSA) is 12.0 Å². The summed E-state index contributed by atoms with van der Waals surface area (Å²) in [6.45, 7) is 9.95. The van der Waals surface area contributed by atoms with Gasteiger partial charge in [-0.15, -0.1) is 0 Å². The van der Waals surface area contributed by atoms with E-state index in [-0.39, 0.29) is 0 Å². The lowest BCUT2D eigenvalue weighted by Gasteiger charge is -2.13. The Hall–Kier alpha value is -1.08. The summed E-state index contributed by atoms with van der Waals surface area (Å²) in [5, 5.41) is 3.62. The number of hydrogen-bond donors (Lipinski definition) is 1. The van der Waals surface area contributed by atoms with Gasteiger partial charge in [-0.05, 0) is 43.7 Å². The maximum atomic E-state index is 3.62. The largest absolute Gasteiger partial charge is 0.310 e. The zero-order valence-electron chi connectivity index (χ0n) is 12.1. The summed E-state index contributed by atoms with van der Waals surface area (Å²) < 4.78 is 0. The molecule has 0 bridgehead atoms. The maximum absolute atomic E-state index is 3.62. The summed E-state index contributed by atoms with van der Waals surface area (Å²) in [5.41, 5.74) is 5.59. The number of hydrogen-bond acceptors (Lipinski definition) is 1. The molecule has 0 saturated heterocycles. The molecular formula is C17H25N. The first-order chi connectivity index (χ1) is 8.56. The zero-order valence-corrected chi connectivity index (χ0v) is 12.1. The van der Waals surface area contributed by atoms with Crippen molar-refractivity contribution in [1.82, 2.24) is 5.32 Å². The lowest BCUT2D eigenvalue weighted by atomic mass is 9.97. The Kier molecular flexibility index (Phi) is 4.23. The average Bonchev–Trinajstić information content (AvgIpc) is 3.10. The fourth-order valence-corrected chi connectivity index (χ4v) is 2.16. The van der Waals surface area contributed by atoms with Gasteiger partial charge in [0.15, 0.2) is 0 Å². The highest BCUT2D eigenvalue weighted by Gasteiger charge is 2.20. The Balaban J connectivity index is 2.14. The Labute approximate surface area is 111 Å². The van der Waals surface area contributed by atoms with Crippen LogP contribution < -0.4 is 5.32 Å². The van der Waals surface area contributed by atoms with E-state index in [1.807, 2.05) is 0 Å². The van der Waals surface area contributed by atoms with E-state index in [1.165, 1.54) is 35.1 Å². The van der Waals surface area contributed by atoms with Gasteiger partial charge in [0.05, 0.1) is 0 Å². The Morgan fingerprint density at radius 2 is 2.06 bits per heavy atom. The molecule has 1 aromatic rings. The molecule has 18 heavy (non-hydrogen) atoms. The van der Waals surface area contributed by atoms with E-state index >= 15 is 0 Å². The number of benzene rings is 1. The molecule has 0 aliphatic heterocycles. The van der Waals surface area contributed by atoms with Crippen molar-refractivity contribution in [3.63, 3.8) is 0 Å². The van der Waals surface area contributed by atoms with Crippen molar-refractivity contribution >= 4 is 6.08 Å². The normalized spacial score (nSPS) is 16.4. The SMILES string of the molecule is Cc1ccc(C=C(CNC2CC2)C(C)C)c(C)c1. The monoisotopic (exact) mass is 243 g/mol. The van der Waals surface area contributed by atoms with Crippen LogP contribution in [0, 0.1) is 19.8 Å². The molecule has 1 saturated carbocycles. The molecule has 1 heteroatoms. The number of rotatable bonds is 5. The van der Waals surface area contributed by atoms with Gasteiger partial charge in [0, 0.05) is 12.6 Å². The summed E-state index contributed by atoms with van der Waals surface area (Å²) in [6, 6.07) is 7.49. The van der Waals surface area contributed by atoms with Crippen LogP contribution in [-0.2, 0) is 0 Å². The molecule has 0 atom stereocenters. The van der Waals surface area contributed by atoms with E-state index in [0.717, 1.165) is 12.6 Å². The van der Waals surface area contributed by atoms with Crippen LogP contribution in [0.25, 0.3) is 6.08 Å². The Bertz CT molecular complexity index is 439. The third-order valence-electron chi connectivity index (χ3n) is 3.68. The molecular weight excluding hydrogens is 218 g/mol. The summed E-state index contributed by atoms with van der Waals surface area (Å²) >= 11 is 0. The first-order valence-corrected chi connectivity index (χ1v) is 7.07. The van der Waals surface area contributed by atoms with Gasteiger partial charge in [0.2, 0.25) is 0 Å². The van der Waals surface area contributed by atoms with E-state index < -0.39 is 0 Å². The molecule has 1 aliphatic carbocycles. The van der Waals surface area contributed by atoms with Crippen LogP contribution in [0.1, 0.15) is 43.4 Å². The van der Waals surface area contributed by atoms with Crippen molar-refractivity contribution in [2.75, 3.05) is 6.54 Å². The molecule has 0 spiro atoms. The molecule has 0 heterocycles. The maximum Gasteiger partial charge on any atom is 0.0173 e. The van der Waals surface area contributed by atoms with E-state index in [2.05, 4.69) is 57.3 Å². The fraction of sp³-hybridized carbons (Fsp3) is 0.529. The smallest absolute Gasteiger partial charge is 0.0173 e. The van der Waals surface area contributed by atoms with Crippen molar-refractivity contribution in [3.05, 3.63) is 40.5 Å². The van der Waals surface area contributed by atoms with Gasteiger partial charge in [-0.25, -0.2) is 0 Å². The Morgan fingerprint density at radius 1 is 1.33 bits per heavy atom. The van der Waals surface area contributed by atoms with Gasteiger partial charge in [-0.2, -0.15) is 0 Å². The van der Waals surface area contributed by atoms with Crippen LogP contribution in [0.15, 0.2) is 23.8 Å². The molecule has 0 radical (unpaired) electrons. The van der Waals surface area contributed by atoms with Gasteiger partial charge < -0.3 is 5.32 Å². The van der Waals surface area contributed by atoms with Crippen LogP contribution >= 0.6 is 0 Å². The minimum Gasteiger partial charge on any atom is -0.310 e. The minimum atomic E-state index is 0.608. The van der Waals surface area contributed by atoms with Crippen molar-refractivity contribution in [1.29, 1.82) is 0 Å². The second-order valence-corrected chi connectivity index (χ2v) is 5.89. The second-order valence-electron chi connectivity index (χ2n) is 5.89. The molecule has 0 amide bonds. The molecule has 1 aromatic carbocycles. The second kappa shape index (κ2) is 5.71. The average molecular weight is 243 g/mol. The third kappa shape index (κ3) is 3.71. The number of nitrogens with one attached hydrogen (secondary N) is 1. The molecule has 1 aliphatic rings. The van der Waals surface area contributed by atoms with Gasteiger partial charge in [0.1, 0.15) is 0 Å². The standard InChI is InChI=1S/C17H25N/c1-12(2)16(11-18-17-7-8-17)10-15-6-5-13(3)9-14(15)4/h5-6,9-10,12,17-18H,7-8,11H2,1-4H3. The highest BCUT2D eigenvalue weighted by Crippen LogP contribution is 2.22. The van der Waals surface area contributed by atoms with Crippen LogP contribution in [0.2, 0.25) is 0 Å².